The number of fused-ring (bicyclic) bond motifs is 1. The van der Waals surface area contributed by atoms with E-state index in [1.54, 1.807) is 6.20 Å². The number of hydrogen-bond donors (Lipinski definition) is 0. The van der Waals surface area contributed by atoms with Crippen LogP contribution in [0.4, 0.5) is 5.82 Å². The normalized spacial score (nSPS) is 10.9. The molecule has 0 aromatic carbocycles. The zero-order valence-electron chi connectivity index (χ0n) is 11.1. The number of hydrogen-bond acceptors (Lipinski definition) is 4. The minimum Gasteiger partial charge on any atom is -0.348 e. The van der Waals surface area contributed by atoms with E-state index in [2.05, 4.69) is 42.7 Å². The highest BCUT2D eigenvalue weighted by Crippen LogP contribution is 2.22. The molecule has 0 aliphatic rings. The molecule has 0 saturated carbocycles. The maximum absolute atomic E-state index is 4.57. The second kappa shape index (κ2) is 5.58. The zero-order valence-corrected chi connectivity index (χ0v) is 12.7. The molecule has 0 atom stereocenters. The molecule has 3 rings (SSSR count). The summed E-state index contributed by atoms with van der Waals surface area (Å²) >= 11 is 3.45. The van der Waals surface area contributed by atoms with Gasteiger partial charge >= 0.3 is 0 Å². The number of nitrogens with zero attached hydrogens (tertiary/aromatic N) is 5. The first kappa shape index (κ1) is 13.1. The summed E-state index contributed by atoms with van der Waals surface area (Å²) in [6.45, 7) is 3.65. The van der Waals surface area contributed by atoms with Gasteiger partial charge in [-0.1, -0.05) is 6.07 Å². The largest absolute Gasteiger partial charge is 0.348 e. The molecule has 0 amide bonds. The highest BCUT2D eigenvalue weighted by molar-refractivity contribution is 9.10. The first-order chi connectivity index (χ1) is 9.78. The van der Waals surface area contributed by atoms with Crippen LogP contribution in [-0.2, 0) is 6.54 Å². The van der Waals surface area contributed by atoms with Gasteiger partial charge in [0.1, 0.15) is 4.60 Å². The van der Waals surface area contributed by atoms with Crippen LogP contribution in [0.25, 0.3) is 5.65 Å². The van der Waals surface area contributed by atoms with Crippen molar-refractivity contribution in [1.29, 1.82) is 0 Å². The van der Waals surface area contributed by atoms with Gasteiger partial charge in [0.05, 0.1) is 12.2 Å². The van der Waals surface area contributed by atoms with Crippen molar-refractivity contribution in [2.45, 2.75) is 13.5 Å². The molecule has 0 bridgehead atoms. The topological polar surface area (TPSA) is 46.3 Å². The fraction of sp³-hybridized carbons (Fsp3) is 0.214. The number of halogens is 1. The van der Waals surface area contributed by atoms with Crippen molar-refractivity contribution in [3.8, 4) is 0 Å². The van der Waals surface area contributed by atoms with Gasteiger partial charge in [0.2, 0.25) is 0 Å². The Kier molecular flexibility index (Phi) is 3.64. The summed E-state index contributed by atoms with van der Waals surface area (Å²) in [5.74, 6) is 0.859. The molecule has 0 spiro atoms. The summed E-state index contributed by atoms with van der Waals surface area (Å²) in [5, 5.41) is 0. The second-order valence-corrected chi connectivity index (χ2v) is 5.19. The van der Waals surface area contributed by atoms with Crippen molar-refractivity contribution in [2.75, 3.05) is 11.4 Å². The average molecular weight is 332 g/mol. The molecule has 3 aromatic heterocycles. The maximum atomic E-state index is 4.57. The van der Waals surface area contributed by atoms with Crippen molar-refractivity contribution in [3.63, 3.8) is 0 Å². The van der Waals surface area contributed by atoms with E-state index in [4.69, 9.17) is 0 Å². The molecule has 0 saturated heterocycles. The van der Waals surface area contributed by atoms with E-state index in [1.807, 2.05) is 41.2 Å². The molecule has 20 heavy (non-hydrogen) atoms. The highest BCUT2D eigenvalue weighted by Gasteiger charge is 2.14. The molecule has 0 fully saturated rings. The van der Waals surface area contributed by atoms with E-state index in [-0.39, 0.29) is 0 Å². The van der Waals surface area contributed by atoms with Gasteiger partial charge in [-0.3, -0.25) is 4.98 Å². The van der Waals surface area contributed by atoms with Crippen LogP contribution in [0.15, 0.2) is 47.6 Å². The lowest BCUT2D eigenvalue weighted by Gasteiger charge is -2.22. The van der Waals surface area contributed by atoms with Gasteiger partial charge in [0.15, 0.2) is 11.5 Å². The third-order valence-corrected chi connectivity index (χ3v) is 3.47. The lowest BCUT2D eigenvalue weighted by molar-refractivity contribution is 0.790. The van der Waals surface area contributed by atoms with E-state index in [0.717, 1.165) is 28.3 Å². The first-order valence-corrected chi connectivity index (χ1v) is 7.21. The predicted octanol–water partition coefficient (Wildman–Crippen LogP) is 2.91. The smallest absolute Gasteiger partial charge is 0.180 e. The fourth-order valence-corrected chi connectivity index (χ4v) is 2.51. The van der Waals surface area contributed by atoms with E-state index in [1.165, 1.54) is 0 Å². The lowest BCUT2D eigenvalue weighted by atomic mass is 10.3. The zero-order chi connectivity index (χ0) is 13.9. The molecule has 0 aliphatic heterocycles. The van der Waals surface area contributed by atoms with Crippen LogP contribution in [-0.4, -0.2) is 25.9 Å². The molecule has 0 N–H and O–H groups in total. The van der Waals surface area contributed by atoms with Crippen LogP contribution >= 0.6 is 15.9 Å². The summed E-state index contributed by atoms with van der Waals surface area (Å²) in [6, 6.07) is 5.93. The summed E-state index contributed by atoms with van der Waals surface area (Å²) in [4.78, 5) is 15.5. The molecule has 5 nitrogen and oxygen atoms in total. The van der Waals surface area contributed by atoms with Crippen molar-refractivity contribution in [1.82, 2.24) is 19.4 Å². The van der Waals surface area contributed by atoms with Crippen LogP contribution < -0.4 is 4.90 Å². The van der Waals surface area contributed by atoms with Crippen molar-refractivity contribution in [2.24, 2.45) is 0 Å². The minimum absolute atomic E-state index is 0.712. The Balaban J connectivity index is 2.01. The van der Waals surface area contributed by atoms with Gasteiger partial charge in [-0.05, 0) is 35.0 Å². The van der Waals surface area contributed by atoms with Gasteiger partial charge in [-0.25, -0.2) is 9.97 Å². The fourth-order valence-electron chi connectivity index (χ4n) is 2.12. The molecular weight excluding hydrogens is 318 g/mol. The summed E-state index contributed by atoms with van der Waals surface area (Å²) in [5.41, 5.74) is 1.87. The summed E-state index contributed by atoms with van der Waals surface area (Å²) < 4.78 is 2.76. The Morgan fingerprint density at radius 1 is 1.25 bits per heavy atom. The number of pyridine rings is 1. The van der Waals surface area contributed by atoms with Gasteiger partial charge in [0.25, 0.3) is 0 Å². The third-order valence-electron chi connectivity index (χ3n) is 3.09. The van der Waals surface area contributed by atoms with Crippen LogP contribution in [0.1, 0.15) is 12.6 Å². The van der Waals surface area contributed by atoms with Gasteiger partial charge < -0.3 is 9.30 Å². The Hall–Kier alpha value is -1.95. The summed E-state index contributed by atoms with van der Waals surface area (Å²) in [6.07, 6.45) is 7.41. The molecule has 3 aromatic rings. The van der Waals surface area contributed by atoms with Gasteiger partial charge in [-0.15, -0.1) is 0 Å². The van der Waals surface area contributed by atoms with Crippen molar-refractivity contribution >= 4 is 27.4 Å². The molecule has 0 unspecified atom stereocenters. The number of anilines is 1. The van der Waals surface area contributed by atoms with Crippen LogP contribution in [0.2, 0.25) is 0 Å². The molecule has 0 radical (unpaired) electrons. The van der Waals surface area contributed by atoms with Gasteiger partial charge in [0, 0.05) is 31.3 Å². The van der Waals surface area contributed by atoms with Crippen molar-refractivity contribution < 1.29 is 0 Å². The molecule has 6 heteroatoms. The lowest BCUT2D eigenvalue weighted by Crippen LogP contribution is -2.24. The number of imidazole rings is 1. The Morgan fingerprint density at radius 3 is 2.90 bits per heavy atom. The highest BCUT2D eigenvalue weighted by atomic mass is 79.9. The standard InChI is InChI=1S/C14H14BrN5/c1-2-19(9-11-5-3-4-6-16-11)14-13-17-7-8-20(13)10-12(15)18-14/h3-8,10H,2,9H2,1H3. The average Bonchev–Trinajstić information content (AvgIpc) is 2.93. The second-order valence-electron chi connectivity index (χ2n) is 4.38. The van der Waals surface area contributed by atoms with Gasteiger partial charge in [-0.2, -0.15) is 0 Å². The Labute approximate surface area is 125 Å². The van der Waals surface area contributed by atoms with E-state index in [0.29, 0.717) is 6.54 Å². The quantitative estimate of drug-likeness (QED) is 0.737. The van der Waals surface area contributed by atoms with E-state index in [9.17, 15) is 0 Å². The van der Waals surface area contributed by atoms with Crippen LogP contribution in [0, 0.1) is 0 Å². The third kappa shape index (κ3) is 2.51. The Morgan fingerprint density at radius 2 is 2.15 bits per heavy atom. The SMILES string of the molecule is CCN(Cc1ccccn1)c1nc(Br)cn2ccnc12. The van der Waals surface area contributed by atoms with Crippen LogP contribution in [0.5, 0.6) is 0 Å². The summed E-state index contributed by atoms with van der Waals surface area (Å²) in [7, 11) is 0. The molecule has 102 valence electrons. The predicted molar refractivity (Wildman–Crippen MR) is 81.6 cm³/mol. The van der Waals surface area contributed by atoms with E-state index < -0.39 is 0 Å². The maximum Gasteiger partial charge on any atom is 0.180 e. The number of aromatic nitrogens is 4. The van der Waals surface area contributed by atoms with Crippen LogP contribution in [0.3, 0.4) is 0 Å². The Bertz CT molecular complexity index is 710. The monoisotopic (exact) mass is 331 g/mol. The first-order valence-electron chi connectivity index (χ1n) is 6.42. The molecule has 3 heterocycles. The number of rotatable bonds is 4. The molecular formula is C14H14BrN5. The van der Waals surface area contributed by atoms with E-state index >= 15 is 0 Å². The van der Waals surface area contributed by atoms with Crippen molar-refractivity contribution in [3.05, 3.63) is 53.3 Å². The molecule has 0 aliphatic carbocycles. The minimum atomic E-state index is 0.712.